The Bertz CT molecular complexity index is 561. The van der Waals surface area contributed by atoms with Crippen LogP contribution in [0.3, 0.4) is 0 Å². The van der Waals surface area contributed by atoms with Gasteiger partial charge in [0.2, 0.25) is 0 Å². The van der Waals surface area contributed by atoms with Gasteiger partial charge in [-0.2, -0.15) is 0 Å². The number of rotatable bonds is 3. The van der Waals surface area contributed by atoms with Crippen LogP contribution < -0.4 is 5.73 Å². The number of imidazole rings is 1. The summed E-state index contributed by atoms with van der Waals surface area (Å²) in [5, 5.41) is 0. The third kappa shape index (κ3) is 2.06. The molecule has 1 fully saturated rings. The molecule has 3 rings (SSSR count). The first kappa shape index (κ1) is 13.4. The van der Waals surface area contributed by atoms with Crippen molar-refractivity contribution in [3.63, 3.8) is 0 Å². The minimum Gasteiger partial charge on any atom is -0.328 e. The van der Waals surface area contributed by atoms with Crippen LogP contribution in [-0.4, -0.2) is 16.1 Å². The molecule has 2 aromatic rings. The molecular formula is C17H23N3. The van der Waals surface area contributed by atoms with Crippen molar-refractivity contribution in [1.82, 2.24) is 9.55 Å². The monoisotopic (exact) mass is 269 g/mol. The van der Waals surface area contributed by atoms with Gasteiger partial charge in [0.1, 0.15) is 0 Å². The number of benzene rings is 1. The number of nitrogens with zero attached hydrogens (tertiary/aromatic N) is 2. The zero-order chi connectivity index (χ0) is 14.0. The van der Waals surface area contributed by atoms with Crippen LogP contribution >= 0.6 is 0 Å². The lowest BCUT2D eigenvalue weighted by molar-refractivity contribution is 0.127. The lowest BCUT2D eigenvalue weighted by Crippen LogP contribution is -2.48. The lowest BCUT2D eigenvalue weighted by Gasteiger charge is -2.44. The van der Waals surface area contributed by atoms with Gasteiger partial charge in [-0.1, -0.05) is 50.1 Å². The molecule has 2 N–H and O–H groups in total. The van der Waals surface area contributed by atoms with Crippen molar-refractivity contribution in [2.24, 2.45) is 11.7 Å². The summed E-state index contributed by atoms with van der Waals surface area (Å²) < 4.78 is 2.34. The summed E-state index contributed by atoms with van der Waals surface area (Å²) in [4.78, 5) is 4.41. The van der Waals surface area contributed by atoms with Crippen LogP contribution in [-0.2, 0) is 5.54 Å². The molecule has 2 unspecified atom stereocenters. The Kier molecular flexibility index (Phi) is 3.62. The maximum Gasteiger partial charge on any atom is 0.0956 e. The highest BCUT2D eigenvalue weighted by molar-refractivity contribution is 5.59. The predicted molar refractivity (Wildman–Crippen MR) is 82.3 cm³/mol. The molecule has 1 saturated carbocycles. The van der Waals surface area contributed by atoms with Crippen LogP contribution in [0.1, 0.15) is 32.6 Å². The SMILES string of the molecule is CC1CCCCC1(CN)n1cncc1-c1ccccc1. The first-order valence-corrected chi connectivity index (χ1v) is 7.56. The summed E-state index contributed by atoms with van der Waals surface area (Å²) in [5.41, 5.74) is 8.65. The van der Waals surface area contributed by atoms with Crippen LogP contribution in [0.15, 0.2) is 42.9 Å². The average molecular weight is 269 g/mol. The molecule has 1 aromatic carbocycles. The van der Waals surface area contributed by atoms with Crippen molar-refractivity contribution in [3.05, 3.63) is 42.9 Å². The molecule has 0 bridgehead atoms. The van der Waals surface area contributed by atoms with Crippen LogP contribution in [0.5, 0.6) is 0 Å². The van der Waals surface area contributed by atoms with Gasteiger partial charge in [0.15, 0.2) is 0 Å². The number of hydrogen-bond acceptors (Lipinski definition) is 2. The molecule has 2 atom stereocenters. The van der Waals surface area contributed by atoms with Crippen LogP contribution in [0.25, 0.3) is 11.3 Å². The van der Waals surface area contributed by atoms with E-state index in [4.69, 9.17) is 5.73 Å². The molecule has 0 saturated heterocycles. The summed E-state index contributed by atoms with van der Waals surface area (Å²) in [6, 6.07) is 10.5. The van der Waals surface area contributed by atoms with E-state index >= 15 is 0 Å². The number of nitrogens with two attached hydrogens (primary N) is 1. The minimum atomic E-state index is 0.0277. The molecule has 1 aliphatic carbocycles. The minimum absolute atomic E-state index is 0.0277. The Balaban J connectivity index is 2.08. The van der Waals surface area contributed by atoms with E-state index in [2.05, 4.69) is 40.7 Å². The molecule has 3 nitrogen and oxygen atoms in total. The average Bonchev–Trinajstić information content (AvgIpc) is 2.99. The van der Waals surface area contributed by atoms with Gasteiger partial charge >= 0.3 is 0 Å². The molecule has 3 heteroatoms. The molecule has 0 amide bonds. The first-order valence-electron chi connectivity index (χ1n) is 7.56. The van der Waals surface area contributed by atoms with E-state index in [1.54, 1.807) is 0 Å². The molecule has 1 heterocycles. The molecule has 0 spiro atoms. The second kappa shape index (κ2) is 5.41. The summed E-state index contributed by atoms with van der Waals surface area (Å²) >= 11 is 0. The third-order valence-corrected chi connectivity index (χ3v) is 4.96. The van der Waals surface area contributed by atoms with Crippen molar-refractivity contribution in [1.29, 1.82) is 0 Å². The second-order valence-electron chi connectivity index (χ2n) is 5.97. The molecule has 106 valence electrons. The van der Waals surface area contributed by atoms with Gasteiger partial charge in [0, 0.05) is 6.54 Å². The van der Waals surface area contributed by atoms with Crippen LogP contribution in [0, 0.1) is 5.92 Å². The molecule has 1 aliphatic rings. The van der Waals surface area contributed by atoms with Gasteiger partial charge in [-0.15, -0.1) is 0 Å². The van der Waals surface area contributed by atoms with Crippen molar-refractivity contribution in [3.8, 4) is 11.3 Å². The van der Waals surface area contributed by atoms with E-state index in [1.807, 2.05) is 18.6 Å². The Morgan fingerprint density at radius 2 is 2.10 bits per heavy atom. The van der Waals surface area contributed by atoms with Gasteiger partial charge in [-0.05, 0) is 24.3 Å². The Morgan fingerprint density at radius 3 is 2.80 bits per heavy atom. The molecule has 1 aromatic heterocycles. The highest BCUT2D eigenvalue weighted by Gasteiger charge is 2.39. The topological polar surface area (TPSA) is 43.8 Å². The smallest absolute Gasteiger partial charge is 0.0956 e. The Morgan fingerprint density at radius 1 is 1.30 bits per heavy atom. The Labute approximate surface area is 120 Å². The van der Waals surface area contributed by atoms with Crippen molar-refractivity contribution in [2.75, 3.05) is 6.54 Å². The fourth-order valence-electron chi connectivity index (χ4n) is 3.63. The van der Waals surface area contributed by atoms with Gasteiger partial charge < -0.3 is 10.3 Å². The van der Waals surface area contributed by atoms with Crippen LogP contribution in [0.2, 0.25) is 0 Å². The van der Waals surface area contributed by atoms with Gasteiger partial charge in [0.05, 0.1) is 23.8 Å². The molecular weight excluding hydrogens is 246 g/mol. The van der Waals surface area contributed by atoms with E-state index in [0.29, 0.717) is 12.5 Å². The summed E-state index contributed by atoms with van der Waals surface area (Å²) in [6.07, 6.45) is 8.92. The standard InChI is InChI=1S/C17H23N3/c1-14-7-5-6-10-17(14,12-18)20-13-19-11-16(20)15-8-3-2-4-9-15/h2-4,8-9,11,13-14H,5-7,10,12,18H2,1H3. The Hall–Kier alpha value is -1.61. The van der Waals surface area contributed by atoms with E-state index in [0.717, 1.165) is 6.42 Å². The van der Waals surface area contributed by atoms with Crippen molar-refractivity contribution >= 4 is 0 Å². The van der Waals surface area contributed by atoms with E-state index < -0.39 is 0 Å². The molecule has 20 heavy (non-hydrogen) atoms. The fourth-order valence-corrected chi connectivity index (χ4v) is 3.63. The zero-order valence-corrected chi connectivity index (χ0v) is 12.1. The predicted octanol–water partition coefficient (Wildman–Crippen LogP) is 3.41. The summed E-state index contributed by atoms with van der Waals surface area (Å²) in [5.74, 6) is 0.595. The van der Waals surface area contributed by atoms with Crippen LogP contribution in [0.4, 0.5) is 0 Å². The fraction of sp³-hybridized carbons (Fsp3) is 0.471. The highest BCUT2D eigenvalue weighted by atomic mass is 15.1. The lowest BCUT2D eigenvalue weighted by atomic mass is 9.73. The van der Waals surface area contributed by atoms with Crippen molar-refractivity contribution < 1.29 is 0 Å². The quantitative estimate of drug-likeness (QED) is 0.928. The number of aromatic nitrogens is 2. The van der Waals surface area contributed by atoms with E-state index in [9.17, 15) is 0 Å². The first-order chi connectivity index (χ1) is 9.78. The summed E-state index contributed by atoms with van der Waals surface area (Å²) in [6.45, 7) is 3.02. The van der Waals surface area contributed by atoms with Gasteiger partial charge in [-0.25, -0.2) is 4.98 Å². The largest absolute Gasteiger partial charge is 0.328 e. The van der Waals surface area contributed by atoms with Gasteiger partial charge in [0.25, 0.3) is 0 Å². The summed E-state index contributed by atoms with van der Waals surface area (Å²) in [7, 11) is 0. The maximum atomic E-state index is 6.22. The number of hydrogen-bond donors (Lipinski definition) is 1. The molecule has 0 radical (unpaired) electrons. The normalized spacial score (nSPS) is 26.6. The van der Waals surface area contributed by atoms with Gasteiger partial charge in [-0.3, -0.25) is 0 Å². The van der Waals surface area contributed by atoms with E-state index in [1.165, 1.54) is 30.5 Å². The maximum absolute atomic E-state index is 6.22. The van der Waals surface area contributed by atoms with E-state index in [-0.39, 0.29) is 5.54 Å². The third-order valence-electron chi connectivity index (χ3n) is 4.96. The highest BCUT2D eigenvalue weighted by Crippen LogP contribution is 2.41. The van der Waals surface area contributed by atoms with Crippen molar-refractivity contribution in [2.45, 2.75) is 38.1 Å². The second-order valence-corrected chi connectivity index (χ2v) is 5.97. The molecule has 0 aliphatic heterocycles. The zero-order valence-electron chi connectivity index (χ0n) is 12.1.